The molecule has 2 rings (SSSR count). The zero-order valence-electron chi connectivity index (χ0n) is 11.9. The van der Waals surface area contributed by atoms with Crippen LogP contribution >= 0.6 is 0 Å². The van der Waals surface area contributed by atoms with Crippen LogP contribution in [-0.4, -0.2) is 42.0 Å². The maximum atomic E-state index is 13.6. The highest BCUT2D eigenvalue weighted by molar-refractivity contribution is 5.97. The van der Waals surface area contributed by atoms with E-state index in [0.29, 0.717) is 18.2 Å². The van der Waals surface area contributed by atoms with Gasteiger partial charge in [0.25, 0.3) is 0 Å². The summed E-state index contributed by atoms with van der Waals surface area (Å²) in [5.41, 5.74) is 0.523. The largest absolute Gasteiger partial charge is 0.507 e. The molecule has 1 saturated heterocycles. The molecule has 1 fully saturated rings. The van der Waals surface area contributed by atoms with Gasteiger partial charge < -0.3 is 10.4 Å². The van der Waals surface area contributed by atoms with Crippen molar-refractivity contribution < 1.29 is 14.3 Å². The number of Topliss-reactive ketones (excluding diaryl/α,β-unsaturated/α-hetero) is 1. The van der Waals surface area contributed by atoms with Crippen molar-refractivity contribution in [2.24, 2.45) is 0 Å². The molecule has 0 atom stereocenters. The predicted molar refractivity (Wildman–Crippen MR) is 75.4 cm³/mol. The highest BCUT2D eigenvalue weighted by Gasteiger charge is 2.20. The van der Waals surface area contributed by atoms with E-state index in [9.17, 15) is 14.3 Å². The van der Waals surface area contributed by atoms with E-state index in [-0.39, 0.29) is 17.1 Å². The molecule has 0 aromatic heterocycles. The molecule has 110 valence electrons. The Hall–Kier alpha value is -1.46. The lowest BCUT2D eigenvalue weighted by Crippen LogP contribution is -2.40. The van der Waals surface area contributed by atoms with Crippen molar-refractivity contribution in [1.82, 2.24) is 10.2 Å². The number of carbonyl (C=O) groups is 1. The third-order valence-electron chi connectivity index (χ3n) is 3.88. The Labute approximate surface area is 118 Å². The first-order chi connectivity index (χ1) is 9.49. The summed E-state index contributed by atoms with van der Waals surface area (Å²) in [6.45, 7) is 3.72. The van der Waals surface area contributed by atoms with Crippen molar-refractivity contribution >= 4 is 5.78 Å². The van der Waals surface area contributed by atoms with Crippen LogP contribution in [0.2, 0.25) is 0 Å². The summed E-state index contributed by atoms with van der Waals surface area (Å²) in [6, 6.07) is 2.81. The number of hydrogen-bond donors (Lipinski definition) is 2. The fourth-order valence-corrected chi connectivity index (χ4v) is 2.69. The van der Waals surface area contributed by atoms with E-state index >= 15 is 0 Å². The Balaban J connectivity index is 2.17. The third-order valence-corrected chi connectivity index (χ3v) is 3.88. The van der Waals surface area contributed by atoms with Crippen LogP contribution in [0.1, 0.15) is 35.7 Å². The van der Waals surface area contributed by atoms with Crippen LogP contribution in [0.15, 0.2) is 12.1 Å². The minimum atomic E-state index is -0.485. The van der Waals surface area contributed by atoms with Gasteiger partial charge in [0.15, 0.2) is 5.78 Å². The molecule has 20 heavy (non-hydrogen) atoms. The number of ketones is 1. The van der Waals surface area contributed by atoms with Crippen LogP contribution in [-0.2, 0) is 6.54 Å². The van der Waals surface area contributed by atoms with Crippen LogP contribution in [0, 0.1) is 5.82 Å². The minimum absolute atomic E-state index is 0.0544. The summed E-state index contributed by atoms with van der Waals surface area (Å²) >= 11 is 0. The van der Waals surface area contributed by atoms with Crippen LogP contribution in [0.3, 0.4) is 0 Å². The number of phenols is 1. The highest BCUT2D eigenvalue weighted by Crippen LogP contribution is 2.27. The van der Waals surface area contributed by atoms with Crippen molar-refractivity contribution in [3.8, 4) is 5.75 Å². The van der Waals surface area contributed by atoms with Gasteiger partial charge in [0, 0.05) is 18.2 Å². The summed E-state index contributed by atoms with van der Waals surface area (Å²) in [6.07, 6.45) is 2.07. The smallest absolute Gasteiger partial charge is 0.163 e. The molecule has 0 bridgehead atoms. The van der Waals surface area contributed by atoms with Gasteiger partial charge in [0.05, 0.1) is 5.56 Å². The van der Waals surface area contributed by atoms with E-state index in [1.54, 1.807) is 0 Å². The lowest BCUT2D eigenvalue weighted by molar-refractivity contribution is 0.101. The molecule has 2 N–H and O–H groups in total. The fraction of sp³-hybridized carbons (Fsp3) is 0.533. The molecule has 0 radical (unpaired) electrons. The minimum Gasteiger partial charge on any atom is -0.507 e. The SMILES string of the molecule is CC(=O)c1cc(F)cc(CN(C)C2CCNCC2)c1O. The van der Waals surface area contributed by atoms with Crippen molar-refractivity contribution in [3.63, 3.8) is 0 Å². The molecule has 1 aromatic rings. The average Bonchev–Trinajstić information content (AvgIpc) is 2.43. The van der Waals surface area contributed by atoms with Crippen molar-refractivity contribution in [2.45, 2.75) is 32.4 Å². The van der Waals surface area contributed by atoms with Gasteiger partial charge in [0.1, 0.15) is 11.6 Å². The Morgan fingerprint density at radius 1 is 1.45 bits per heavy atom. The number of benzene rings is 1. The number of halogens is 1. The van der Waals surface area contributed by atoms with Gasteiger partial charge in [-0.3, -0.25) is 9.69 Å². The second-order valence-electron chi connectivity index (χ2n) is 5.41. The predicted octanol–water partition coefficient (Wildman–Crippen LogP) is 1.92. The van der Waals surface area contributed by atoms with Gasteiger partial charge in [-0.15, -0.1) is 0 Å². The zero-order valence-corrected chi connectivity index (χ0v) is 11.9. The third kappa shape index (κ3) is 3.35. The summed E-state index contributed by atoms with van der Waals surface area (Å²) in [5, 5.41) is 13.4. The molecular formula is C15H21FN2O2. The zero-order chi connectivity index (χ0) is 14.7. The van der Waals surface area contributed by atoms with E-state index in [2.05, 4.69) is 10.2 Å². The molecule has 0 saturated carbocycles. The number of piperidine rings is 1. The lowest BCUT2D eigenvalue weighted by Gasteiger charge is -2.31. The van der Waals surface area contributed by atoms with Crippen molar-refractivity contribution in [3.05, 3.63) is 29.1 Å². The summed E-state index contributed by atoms with van der Waals surface area (Å²) in [5.74, 6) is -0.908. The van der Waals surface area contributed by atoms with Gasteiger partial charge in [-0.25, -0.2) is 4.39 Å². The Morgan fingerprint density at radius 3 is 2.70 bits per heavy atom. The average molecular weight is 280 g/mol. The number of aromatic hydroxyl groups is 1. The molecule has 0 unspecified atom stereocenters. The van der Waals surface area contributed by atoms with E-state index in [1.165, 1.54) is 13.0 Å². The molecule has 0 amide bonds. The molecule has 0 aliphatic carbocycles. The van der Waals surface area contributed by atoms with Gasteiger partial charge in [-0.05, 0) is 52.0 Å². The Morgan fingerprint density at radius 2 is 2.10 bits per heavy atom. The van der Waals surface area contributed by atoms with E-state index in [4.69, 9.17) is 0 Å². The topological polar surface area (TPSA) is 52.6 Å². The van der Waals surface area contributed by atoms with E-state index in [1.807, 2.05) is 7.05 Å². The standard InChI is InChI=1S/C15H21FN2O2/c1-10(19)14-8-12(16)7-11(15(14)20)9-18(2)13-3-5-17-6-4-13/h7-8,13,17,20H,3-6,9H2,1-2H3. The first kappa shape index (κ1) is 14.9. The first-order valence-corrected chi connectivity index (χ1v) is 6.92. The highest BCUT2D eigenvalue weighted by atomic mass is 19.1. The van der Waals surface area contributed by atoms with Crippen LogP contribution in [0.4, 0.5) is 4.39 Å². The second kappa shape index (κ2) is 6.33. The molecule has 1 heterocycles. The molecule has 1 aliphatic rings. The van der Waals surface area contributed by atoms with Crippen molar-refractivity contribution in [2.75, 3.05) is 20.1 Å². The number of hydrogen-bond acceptors (Lipinski definition) is 4. The first-order valence-electron chi connectivity index (χ1n) is 6.92. The van der Waals surface area contributed by atoms with Gasteiger partial charge in [0.2, 0.25) is 0 Å². The Kier molecular flexibility index (Phi) is 4.73. The Bertz CT molecular complexity index is 499. The molecular weight excluding hydrogens is 259 g/mol. The quantitative estimate of drug-likeness (QED) is 0.827. The lowest BCUT2D eigenvalue weighted by atomic mass is 10.0. The van der Waals surface area contributed by atoms with Crippen LogP contribution < -0.4 is 5.32 Å². The molecule has 0 spiro atoms. The molecule has 1 aromatic carbocycles. The fourth-order valence-electron chi connectivity index (χ4n) is 2.69. The van der Waals surface area contributed by atoms with Crippen LogP contribution in [0.5, 0.6) is 5.75 Å². The number of rotatable bonds is 4. The second-order valence-corrected chi connectivity index (χ2v) is 5.41. The number of carbonyl (C=O) groups excluding carboxylic acids is 1. The number of nitrogens with zero attached hydrogens (tertiary/aromatic N) is 1. The molecule has 1 aliphatic heterocycles. The van der Waals surface area contributed by atoms with Gasteiger partial charge in [-0.2, -0.15) is 0 Å². The summed E-state index contributed by atoms with van der Waals surface area (Å²) < 4.78 is 13.6. The van der Waals surface area contributed by atoms with E-state index in [0.717, 1.165) is 32.0 Å². The summed E-state index contributed by atoms with van der Waals surface area (Å²) in [7, 11) is 1.97. The van der Waals surface area contributed by atoms with Gasteiger partial charge in [-0.1, -0.05) is 0 Å². The number of nitrogens with one attached hydrogen (secondary N) is 1. The number of phenolic OH excluding ortho intramolecular Hbond substituents is 1. The summed E-state index contributed by atoms with van der Waals surface area (Å²) in [4.78, 5) is 13.5. The van der Waals surface area contributed by atoms with Crippen LogP contribution in [0.25, 0.3) is 0 Å². The van der Waals surface area contributed by atoms with E-state index < -0.39 is 5.82 Å². The molecule has 5 heteroatoms. The van der Waals surface area contributed by atoms with Crippen molar-refractivity contribution in [1.29, 1.82) is 0 Å². The maximum absolute atomic E-state index is 13.6. The molecule has 4 nitrogen and oxygen atoms in total. The maximum Gasteiger partial charge on any atom is 0.163 e. The normalized spacial score (nSPS) is 16.6. The monoisotopic (exact) mass is 280 g/mol. The van der Waals surface area contributed by atoms with Gasteiger partial charge >= 0.3 is 0 Å².